The van der Waals surface area contributed by atoms with E-state index >= 15 is 0 Å². The van der Waals surface area contributed by atoms with E-state index < -0.39 is 0 Å². The first-order valence-corrected chi connectivity index (χ1v) is 11.6. The van der Waals surface area contributed by atoms with Gasteiger partial charge in [0.05, 0.1) is 0 Å². The molecule has 1 N–H and O–H groups in total. The average molecular weight is 442 g/mol. The van der Waals surface area contributed by atoms with Crippen LogP contribution in [0, 0.1) is 12.3 Å². The first-order valence-electron chi connectivity index (χ1n) is 11.6. The molecule has 4 aromatic rings. The van der Waals surface area contributed by atoms with Gasteiger partial charge in [-0.2, -0.15) is 0 Å². The van der Waals surface area contributed by atoms with Crippen molar-refractivity contribution in [3.63, 3.8) is 0 Å². The van der Waals surface area contributed by atoms with Crippen molar-refractivity contribution in [3.05, 3.63) is 84.1 Å². The maximum Gasteiger partial charge on any atom is 0.181 e. The second-order valence-electron chi connectivity index (χ2n) is 10.8. The monoisotopic (exact) mass is 441 g/mol. The van der Waals surface area contributed by atoms with Crippen LogP contribution in [0.2, 0.25) is 0 Å². The Labute approximate surface area is 197 Å². The summed E-state index contributed by atoms with van der Waals surface area (Å²) in [7, 11) is 0. The standard InChI is InChI=1S/C29H35N3O/c1-21-14-16-23(17-15-21)25-27(31-29(5,6)20-28(2,3)4)32-18-10-13-24(26(32)30-25)33-19-22-11-8-7-9-12-22/h7-18,31H,19-20H2,1-6H3. The van der Waals surface area contributed by atoms with Gasteiger partial charge in [-0.1, -0.05) is 80.9 Å². The Kier molecular flexibility index (Phi) is 6.20. The van der Waals surface area contributed by atoms with Crippen LogP contribution < -0.4 is 10.1 Å². The van der Waals surface area contributed by atoms with Crippen LogP contribution in [-0.4, -0.2) is 14.9 Å². The van der Waals surface area contributed by atoms with Gasteiger partial charge in [-0.05, 0) is 50.3 Å². The lowest BCUT2D eigenvalue weighted by atomic mass is 9.82. The number of rotatable bonds is 7. The highest BCUT2D eigenvalue weighted by atomic mass is 16.5. The molecule has 0 radical (unpaired) electrons. The quantitative estimate of drug-likeness (QED) is 0.322. The number of pyridine rings is 1. The third-order valence-corrected chi connectivity index (χ3v) is 5.61. The Bertz CT molecular complexity index is 1220. The Balaban J connectivity index is 1.78. The van der Waals surface area contributed by atoms with Crippen molar-refractivity contribution in [1.82, 2.24) is 9.38 Å². The van der Waals surface area contributed by atoms with Crippen LogP contribution in [0.5, 0.6) is 5.75 Å². The van der Waals surface area contributed by atoms with E-state index in [1.165, 1.54) is 5.56 Å². The van der Waals surface area contributed by atoms with Crippen LogP contribution in [0.25, 0.3) is 16.9 Å². The summed E-state index contributed by atoms with van der Waals surface area (Å²) in [4.78, 5) is 5.08. The molecular formula is C29H35N3O. The summed E-state index contributed by atoms with van der Waals surface area (Å²) in [6.45, 7) is 14.0. The zero-order valence-electron chi connectivity index (χ0n) is 20.6. The third-order valence-electron chi connectivity index (χ3n) is 5.61. The Morgan fingerprint density at radius 2 is 1.58 bits per heavy atom. The van der Waals surface area contributed by atoms with Crippen LogP contribution in [0.3, 0.4) is 0 Å². The SMILES string of the molecule is Cc1ccc(-c2nc3c(OCc4ccccc4)cccn3c2NC(C)(C)CC(C)(C)C)cc1. The maximum absolute atomic E-state index is 6.23. The number of nitrogens with one attached hydrogen (secondary N) is 1. The topological polar surface area (TPSA) is 38.6 Å². The van der Waals surface area contributed by atoms with Crippen molar-refractivity contribution in [3.8, 4) is 17.0 Å². The van der Waals surface area contributed by atoms with Gasteiger partial charge in [-0.25, -0.2) is 4.98 Å². The van der Waals surface area contributed by atoms with Crippen LogP contribution in [-0.2, 0) is 6.61 Å². The summed E-state index contributed by atoms with van der Waals surface area (Å²) in [6.07, 6.45) is 3.08. The van der Waals surface area contributed by atoms with Crippen molar-refractivity contribution < 1.29 is 4.74 Å². The summed E-state index contributed by atoms with van der Waals surface area (Å²) in [5.41, 5.74) is 5.30. The highest BCUT2D eigenvalue weighted by molar-refractivity contribution is 5.79. The predicted octanol–water partition coefficient (Wildman–Crippen LogP) is 7.52. The largest absolute Gasteiger partial charge is 0.485 e. The van der Waals surface area contributed by atoms with Gasteiger partial charge in [-0.15, -0.1) is 0 Å². The molecule has 0 bridgehead atoms. The van der Waals surface area contributed by atoms with Crippen LogP contribution in [0.1, 0.15) is 52.2 Å². The molecule has 0 spiro atoms. The van der Waals surface area contributed by atoms with Gasteiger partial charge in [0.2, 0.25) is 0 Å². The summed E-state index contributed by atoms with van der Waals surface area (Å²) in [6, 6.07) is 22.8. The van der Waals surface area contributed by atoms with Crippen molar-refractivity contribution in [1.29, 1.82) is 0 Å². The van der Waals surface area contributed by atoms with E-state index in [1.54, 1.807) is 0 Å². The summed E-state index contributed by atoms with van der Waals surface area (Å²) < 4.78 is 8.35. The molecule has 4 heteroatoms. The molecule has 0 aliphatic carbocycles. The van der Waals surface area contributed by atoms with E-state index in [-0.39, 0.29) is 11.0 Å². The highest BCUT2D eigenvalue weighted by Gasteiger charge is 2.28. The zero-order chi connectivity index (χ0) is 23.6. The third kappa shape index (κ3) is 5.57. The van der Waals surface area contributed by atoms with E-state index in [1.807, 2.05) is 30.3 Å². The Morgan fingerprint density at radius 1 is 0.879 bits per heavy atom. The molecule has 0 unspecified atom stereocenters. The molecule has 172 valence electrons. The number of ether oxygens (including phenoxy) is 1. The average Bonchev–Trinajstić information content (AvgIpc) is 3.10. The van der Waals surface area contributed by atoms with E-state index in [0.717, 1.165) is 40.5 Å². The molecule has 2 aromatic heterocycles. The minimum atomic E-state index is -0.117. The minimum absolute atomic E-state index is 0.117. The van der Waals surface area contributed by atoms with E-state index in [0.29, 0.717) is 6.61 Å². The normalized spacial score (nSPS) is 12.2. The number of anilines is 1. The Hall–Kier alpha value is -3.27. The number of imidazole rings is 1. The van der Waals surface area contributed by atoms with E-state index in [2.05, 4.69) is 93.9 Å². The van der Waals surface area contributed by atoms with Gasteiger partial charge in [0.25, 0.3) is 0 Å². The highest BCUT2D eigenvalue weighted by Crippen LogP contribution is 2.36. The fourth-order valence-corrected chi connectivity index (χ4v) is 4.61. The second-order valence-corrected chi connectivity index (χ2v) is 10.8. The van der Waals surface area contributed by atoms with Gasteiger partial charge >= 0.3 is 0 Å². The number of fused-ring (bicyclic) bond motifs is 1. The molecule has 33 heavy (non-hydrogen) atoms. The fraction of sp³-hybridized carbons (Fsp3) is 0.345. The number of aromatic nitrogens is 2. The van der Waals surface area contributed by atoms with E-state index in [9.17, 15) is 0 Å². The number of aryl methyl sites for hydroxylation is 1. The molecule has 0 atom stereocenters. The number of hydrogen-bond donors (Lipinski definition) is 1. The van der Waals surface area contributed by atoms with Crippen molar-refractivity contribution >= 4 is 11.5 Å². The van der Waals surface area contributed by atoms with Gasteiger partial charge < -0.3 is 10.1 Å². The molecule has 4 nitrogen and oxygen atoms in total. The zero-order valence-corrected chi connectivity index (χ0v) is 20.6. The predicted molar refractivity (Wildman–Crippen MR) is 138 cm³/mol. The molecule has 2 aromatic carbocycles. The lowest BCUT2D eigenvalue weighted by Gasteiger charge is -2.34. The van der Waals surface area contributed by atoms with Gasteiger partial charge in [0.15, 0.2) is 11.4 Å². The second kappa shape index (κ2) is 8.93. The summed E-state index contributed by atoms with van der Waals surface area (Å²) >= 11 is 0. The maximum atomic E-state index is 6.23. The lowest BCUT2D eigenvalue weighted by molar-refractivity contribution is 0.301. The summed E-state index contributed by atoms with van der Waals surface area (Å²) in [5, 5.41) is 3.83. The first kappa shape index (κ1) is 22.9. The number of benzene rings is 2. The van der Waals surface area contributed by atoms with Gasteiger partial charge in [-0.3, -0.25) is 4.40 Å². The lowest BCUT2D eigenvalue weighted by Crippen LogP contribution is -2.36. The number of nitrogens with zero attached hydrogens (tertiary/aromatic N) is 2. The minimum Gasteiger partial charge on any atom is -0.485 e. The van der Waals surface area contributed by atoms with Crippen LogP contribution in [0.4, 0.5) is 5.82 Å². The molecule has 0 amide bonds. The molecule has 0 fully saturated rings. The molecular weight excluding hydrogens is 406 g/mol. The first-order chi connectivity index (χ1) is 15.6. The van der Waals surface area contributed by atoms with Gasteiger partial charge in [0.1, 0.15) is 18.1 Å². The Morgan fingerprint density at radius 3 is 2.24 bits per heavy atom. The van der Waals surface area contributed by atoms with Crippen molar-refractivity contribution in [2.45, 2.75) is 60.1 Å². The van der Waals surface area contributed by atoms with Gasteiger partial charge in [0, 0.05) is 17.3 Å². The molecule has 0 aliphatic rings. The fourth-order valence-electron chi connectivity index (χ4n) is 4.61. The molecule has 0 saturated carbocycles. The summed E-state index contributed by atoms with van der Waals surface area (Å²) in [5.74, 6) is 1.77. The molecule has 0 saturated heterocycles. The number of hydrogen-bond acceptors (Lipinski definition) is 3. The van der Waals surface area contributed by atoms with Crippen molar-refractivity contribution in [2.75, 3.05) is 5.32 Å². The van der Waals surface area contributed by atoms with Crippen molar-refractivity contribution in [2.24, 2.45) is 5.41 Å². The van der Waals surface area contributed by atoms with Crippen LogP contribution in [0.15, 0.2) is 72.9 Å². The van der Waals surface area contributed by atoms with Crippen LogP contribution >= 0.6 is 0 Å². The van der Waals surface area contributed by atoms with E-state index in [4.69, 9.17) is 9.72 Å². The molecule has 2 heterocycles. The molecule has 0 aliphatic heterocycles. The molecule has 4 rings (SSSR count). The smallest absolute Gasteiger partial charge is 0.181 e.